The zero-order chi connectivity index (χ0) is 24.7. The number of carbonyl (C=O) groups excluding carboxylic acids is 1. The van der Waals surface area contributed by atoms with Crippen molar-refractivity contribution in [2.75, 3.05) is 18.5 Å². The van der Waals surface area contributed by atoms with Crippen LogP contribution >= 0.6 is 0 Å². The lowest BCUT2D eigenvalue weighted by Gasteiger charge is -2.34. The number of hydrogen-bond donors (Lipinski definition) is 1. The van der Waals surface area contributed by atoms with Gasteiger partial charge in [0.2, 0.25) is 5.95 Å². The first kappa shape index (κ1) is 23.8. The number of hydrogen-bond acceptors (Lipinski definition) is 5. The Morgan fingerprint density at radius 1 is 0.944 bits per heavy atom. The van der Waals surface area contributed by atoms with Crippen molar-refractivity contribution in [3.05, 3.63) is 90.6 Å². The van der Waals surface area contributed by atoms with Crippen LogP contribution in [0.2, 0.25) is 0 Å². The molecule has 0 bridgehead atoms. The number of anilines is 1. The van der Waals surface area contributed by atoms with E-state index in [1.54, 1.807) is 0 Å². The highest BCUT2D eigenvalue weighted by Crippen LogP contribution is 2.29. The smallest absolute Gasteiger partial charge is 0.407 e. The van der Waals surface area contributed by atoms with Gasteiger partial charge in [-0.25, -0.2) is 14.8 Å². The second kappa shape index (κ2) is 11.2. The van der Waals surface area contributed by atoms with E-state index in [-0.39, 0.29) is 6.09 Å². The van der Waals surface area contributed by atoms with E-state index in [4.69, 9.17) is 9.72 Å². The zero-order valence-electron chi connectivity index (χ0n) is 20.6. The van der Waals surface area contributed by atoms with E-state index in [2.05, 4.69) is 64.7 Å². The van der Waals surface area contributed by atoms with E-state index in [9.17, 15) is 4.79 Å². The third-order valence-electron chi connectivity index (χ3n) is 7.12. The maximum absolute atomic E-state index is 12.1. The molecule has 0 unspecified atom stereocenters. The van der Waals surface area contributed by atoms with Gasteiger partial charge in [-0.15, -0.1) is 0 Å². The van der Waals surface area contributed by atoms with Gasteiger partial charge in [0.1, 0.15) is 6.61 Å². The molecule has 1 saturated carbocycles. The normalized spacial score (nSPS) is 17.5. The predicted octanol–water partition coefficient (Wildman–Crippen LogP) is 6.22. The Bertz CT molecular complexity index is 1300. The van der Waals surface area contributed by atoms with Crippen molar-refractivity contribution in [1.82, 2.24) is 15.3 Å². The number of fused-ring (bicyclic) bond motifs is 1. The van der Waals surface area contributed by atoms with Crippen molar-refractivity contribution in [3.8, 4) is 11.3 Å². The quantitative estimate of drug-likeness (QED) is 0.340. The fourth-order valence-electron chi connectivity index (χ4n) is 4.93. The minimum absolute atomic E-state index is 0.294. The summed E-state index contributed by atoms with van der Waals surface area (Å²) in [6.07, 6.45) is 5.70. The van der Waals surface area contributed by atoms with Crippen molar-refractivity contribution in [1.29, 1.82) is 0 Å². The summed E-state index contributed by atoms with van der Waals surface area (Å²) >= 11 is 0. The maximum atomic E-state index is 12.1. The zero-order valence-corrected chi connectivity index (χ0v) is 20.6. The average Bonchev–Trinajstić information content (AvgIpc) is 2.95. The molecule has 5 rings (SSSR count). The van der Waals surface area contributed by atoms with Crippen LogP contribution in [-0.4, -0.2) is 35.7 Å². The molecule has 1 amide bonds. The van der Waals surface area contributed by atoms with Gasteiger partial charge in [0.25, 0.3) is 0 Å². The molecule has 1 aliphatic carbocycles. The van der Waals surface area contributed by atoms with E-state index in [0.29, 0.717) is 25.1 Å². The molecule has 0 saturated heterocycles. The van der Waals surface area contributed by atoms with Crippen LogP contribution < -0.4 is 10.2 Å². The van der Waals surface area contributed by atoms with Gasteiger partial charge in [-0.1, -0.05) is 66.7 Å². The molecule has 6 nitrogen and oxygen atoms in total. The number of ether oxygens (including phenoxy) is 1. The van der Waals surface area contributed by atoms with Crippen LogP contribution in [0.5, 0.6) is 0 Å². The van der Waals surface area contributed by atoms with Crippen LogP contribution in [0.4, 0.5) is 10.7 Å². The molecule has 1 heterocycles. The summed E-state index contributed by atoms with van der Waals surface area (Å²) in [5.41, 5.74) is 3.02. The Balaban J connectivity index is 1.12. The summed E-state index contributed by atoms with van der Waals surface area (Å²) in [5, 5.41) is 5.37. The van der Waals surface area contributed by atoms with E-state index in [1.807, 2.05) is 42.6 Å². The van der Waals surface area contributed by atoms with E-state index in [1.165, 1.54) is 10.8 Å². The molecule has 0 aliphatic heterocycles. The first-order valence-electron chi connectivity index (χ1n) is 12.7. The topological polar surface area (TPSA) is 67.4 Å². The summed E-state index contributed by atoms with van der Waals surface area (Å²) in [7, 11) is 2.09. The van der Waals surface area contributed by atoms with Crippen LogP contribution in [0.25, 0.3) is 22.0 Å². The van der Waals surface area contributed by atoms with Crippen LogP contribution in [0.3, 0.4) is 0 Å². The SMILES string of the molecule is CN(c1nccc(-c2ccc3ccccc3c2)n1)[C@H]1CC[C@@H](CNC(=O)OCc2ccccc2)CC1. The summed E-state index contributed by atoms with van der Waals surface area (Å²) in [4.78, 5) is 23.7. The van der Waals surface area contributed by atoms with Crippen molar-refractivity contribution in [2.45, 2.75) is 38.3 Å². The van der Waals surface area contributed by atoms with E-state index >= 15 is 0 Å². The molecular formula is C30H32N4O2. The average molecular weight is 481 g/mol. The van der Waals surface area contributed by atoms with E-state index in [0.717, 1.165) is 48.5 Å². The minimum atomic E-state index is -0.350. The molecule has 36 heavy (non-hydrogen) atoms. The predicted molar refractivity (Wildman–Crippen MR) is 144 cm³/mol. The lowest BCUT2D eigenvalue weighted by atomic mass is 9.85. The van der Waals surface area contributed by atoms with Crippen LogP contribution in [0.1, 0.15) is 31.2 Å². The monoisotopic (exact) mass is 480 g/mol. The molecule has 184 valence electrons. The first-order valence-corrected chi connectivity index (χ1v) is 12.7. The molecule has 1 N–H and O–H groups in total. The van der Waals surface area contributed by atoms with Crippen molar-refractivity contribution >= 4 is 22.8 Å². The molecule has 1 fully saturated rings. The second-order valence-corrected chi connectivity index (χ2v) is 9.53. The number of alkyl carbamates (subject to hydrolysis) is 1. The van der Waals surface area contributed by atoms with Gasteiger partial charge in [-0.05, 0) is 60.1 Å². The third kappa shape index (κ3) is 5.82. The minimum Gasteiger partial charge on any atom is -0.445 e. The molecular weight excluding hydrogens is 448 g/mol. The largest absolute Gasteiger partial charge is 0.445 e. The van der Waals surface area contributed by atoms with Gasteiger partial charge in [0.15, 0.2) is 0 Å². The van der Waals surface area contributed by atoms with Crippen LogP contribution in [0.15, 0.2) is 85.1 Å². The van der Waals surface area contributed by atoms with Crippen molar-refractivity contribution < 1.29 is 9.53 Å². The second-order valence-electron chi connectivity index (χ2n) is 9.53. The van der Waals surface area contributed by atoms with Gasteiger partial charge < -0.3 is 15.0 Å². The summed E-state index contributed by atoms with van der Waals surface area (Å²) < 4.78 is 5.33. The lowest BCUT2D eigenvalue weighted by molar-refractivity contribution is 0.136. The molecule has 1 aliphatic rings. The number of amides is 1. The van der Waals surface area contributed by atoms with Gasteiger partial charge in [-0.3, -0.25) is 0 Å². The fourth-order valence-corrected chi connectivity index (χ4v) is 4.93. The van der Waals surface area contributed by atoms with Crippen LogP contribution in [0, 0.1) is 5.92 Å². The van der Waals surface area contributed by atoms with E-state index < -0.39 is 0 Å². The Hall–Kier alpha value is -3.93. The molecule has 6 heteroatoms. The number of carbonyl (C=O) groups is 1. The number of aromatic nitrogens is 2. The summed E-state index contributed by atoms with van der Waals surface area (Å²) in [5.74, 6) is 1.22. The molecule has 4 aromatic rings. The first-order chi connectivity index (χ1) is 17.7. The number of nitrogens with zero attached hydrogens (tertiary/aromatic N) is 3. The highest BCUT2D eigenvalue weighted by Gasteiger charge is 2.26. The Labute approximate surface area is 212 Å². The highest BCUT2D eigenvalue weighted by molar-refractivity contribution is 5.86. The fraction of sp³-hybridized carbons (Fsp3) is 0.300. The number of nitrogens with one attached hydrogen (secondary N) is 1. The van der Waals surface area contributed by atoms with Gasteiger partial charge in [-0.2, -0.15) is 0 Å². The maximum Gasteiger partial charge on any atom is 0.407 e. The summed E-state index contributed by atoms with van der Waals surface area (Å²) in [6, 6.07) is 26.9. The highest BCUT2D eigenvalue weighted by atomic mass is 16.5. The molecule has 0 radical (unpaired) electrons. The third-order valence-corrected chi connectivity index (χ3v) is 7.12. The van der Waals surface area contributed by atoms with Crippen molar-refractivity contribution in [3.63, 3.8) is 0 Å². The Kier molecular flexibility index (Phi) is 7.41. The summed E-state index contributed by atoms with van der Waals surface area (Å²) in [6.45, 7) is 0.945. The van der Waals surface area contributed by atoms with Crippen LogP contribution in [-0.2, 0) is 11.3 Å². The molecule has 1 aromatic heterocycles. The number of rotatable bonds is 7. The van der Waals surface area contributed by atoms with Crippen molar-refractivity contribution in [2.24, 2.45) is 5.92 Å². The number of benzene rings is 3. The molecule has 0 atom stereocenters. The Morgan fingerprint density at radius 3 is 2.50 bits per heavy atom. The molecule has 3 aromatic carbocycles. The molecule has 0 spiro atoms. The van der Waals surface area contributed by atoms with Gasteiger partial charge >= 0.3 is 6.09 Å². The van der Waals surface area contributed by atoms with Gasteiger partial charge in [0, 0.05) is 31.4 Å². The van der Waals surface area contributed by atoms with Gasteiger partial charge in [0.05, 0.1) is 5.69 Å². The lowest BCUT2D eigenvalue weighted by Crippen LogP contribution is -2.39. The Morgan fingerprint density at radius 2 is 1.69 bits per heavy atom. The standard InChI is InChI=1S/C30H32N4O2/c1-34(29-31-18-17-28(33-29)26-14-13-24-9-5-6-10-25(24)19-26)27-15-11-22(12-16-27)20-32-30(35)36-21-23-7-3-2-4-8-23/h2-10,13-14,17-19,22,27H,11-12,15-16,20-21H2,1H3,(H,32,35)/t22-,27+.